The molecule has 1 fully saturated rings. The highest BCUT2D eigenvalue weighted by molar-refractivity contribution is 6.01. The van der Waals surface area contributed by atoms with Crippen LogP contribution in [0.3, 0.4) is 0 Å². The molecule has 1 atom stereocenters. The molecule has 0 spiro atoms. The van der Waals surface area contributed by atoms with Gasteiger partial charge in [-0.05, 0) is 56.2 Å². The van der Waals surface area contributed by atoms with E-state index in [-0.39, 0.29) is 18.4 Å². The molecule has 1 N–H and O–H groups in total. The Kier molecular flexibility index (Phi) is 7.15. The van der Waals surface area contributed by atoms with Crippen LogP contribution in [0.15, 0.2) is 36.4 Å². The number of ether oxygens (including phenoxy) is 3. The zero-order valence-corrected chi connectivity index (χ0v) is 19.4. The van der Waals surface area contributed by atoms with Gasteiger partial charge in [-0.25, -0.2) is 0 Å². The van der Waals surface area contributed by atoms with Crippen LogP contribution in [0.5, 0.6) is 11.5 Å². The Bertz CT molecular complexity index is 1020. The molecule has 0 aromatic heterocycles. The van der Waals surface area contributed by atoms with Gasteiger partial charge in [0.1, 0.15) is 11.5 Å². The molecule has 2 aromatic carbocycles. The van der Waals surface area contributed by atoms with Crippen LogP contribution < -0.4 is 19.7 Å². The van der Waals surface area contributed by atoms with Gasteiger partial charge in [0.25, 0.3) is 11.8 Å². The minimum absolute atomic E-state index is 0.0857. The van der Waals surface area contributed by atoms with Crippen molar-refractivity contribution in [3.8, 4) is 11.5 Å². The van der Waals surface area contributed by atoms with E-state index in [0.717, 1.165) is 30.8 Å². The Morgan fingerprint density at radius 1 is 1.15 bits per heavy atom. The van der Waals surface area contributed by atoms with Crippen LogP contribution in [-0.2, 0) is 14.3 Å². The summed E-state index contributed by atoms with van der Waals surface area (Å²) < 4.78 is 16.9. The van der Waals surface area contributed by atoms with Crippen LogP contribution in [0.2, 0.25) is 0 Å². The fourth-order valence-electron chi connectivity index (χ4n) is 4.00. The third-order valence-electron chi connectivity index (χ3n) is 6.11. The summed E-state index contributed by atoms with van der Waals surface area (Å²) >= 11 is 0. The Morgan fingerprint density at radius 3 is 2.73 bits per heavy atom. The average Bonchev–Trinajstić information content (AvgIpc) is 2.81. The predicted octanol–water partition coefficient (Wildman–Crippen LogP) is 2.77. The lowest BCUT2D eigenvalue weighted by Gasteiger charge is -2.35. The van der Waals surface area contributed by atoms with Crippen molar-refractivity contribution in [3.63, 3.8) is 0 Å². The Labute approximate surface area is 194 Å². The third kappa shape index (κ3) is 5.46. The van der Waals surface area contributed by atoms with Crippen LogP contribution >= 0.6 is 0 Å². The number of nitrogens with zero attached hydrogens (tertiary/aromatic N) is 2. The molecule has 2 heterocycles. The molecular weight excluding hydrogens is 422 g/mol. The van der Waals surface area contributed by atoms with E-state index in [1.54, 1.807) is 30.0 Å². The number of rotatable bonds is 7. The van der Waals surface area contributed by atoms with E-state index in [1.807, 2.05) is 32.0 Å². The number of morpholine rings is 1. The number of nitrogens with one attached hydrogen (secondary N) is 1. The maximum absolute atomic E-state index is 12.9. The van der Waals surface area contributed by atoms with Gasteiger partial charge in [-0.1, -0.05) is 12.1 Å². The Balaban J connectivity index is 1.42. The van der Waals surface area contributed by atoms with E-state index in [1.165, 1.54) is 0 Å². The summed E-state index contributed by atoms with van der Waals surface area (Å²) in [4.78, 5) is 29.4. The first-order chi connectivity index (χ1) is 15.9. The van der Waals surface area contributed by atoms with E-state index in [2.05, 4.69) is 10.2 Å². The second-order valence-electron chi connectivity index (χ2n) is 8.42. The summed E-state index contributed by atoms with van der Waals surface area (Å²) in [5.41, 5.74) is 3.38. The third-order valence-corrected chi connectivity index (χ3v) is 6.11. The molecule has 2 amide bonds. The van der Waals surface area contributed by atoms with Crippen LogP contribution in [-0.4, -0.2) is 68.8 Å². The maximum atomic E-state index is 12.9. The first-order valence-corrected chi connectivity index (χ1v) is 11.3. The smallest absolute Gasteiger partial charge is 0.267 e. The van der Waals surface area contributed by atoms with Crippen LogP contribution in [0.4, 0.5) is 11.4 Å². The molecular formula is C25H31N3O5. The molecule has 1 unspecified atom stereocenters. The molecule has 0 aliphatic carbocycles. The summed E-state index contributed by atoms with van der Waals surface area (Å²) in [6.07, 6.45) is -0.548. The van der Waals surface area contributed by atoms with Crippen molar-refractivity contribution in [1.29, 1.82) is 0 Å². The number of fused-ring (bicyclic) bond motifs is 1. The number of hydrogen-bond acceptors (Lipinski definition) is 6. The van der Waals surface area contributed by atoms with Gasteiger partial charge in [0.15, 0.2) is 12.7 Å². The van der Waals surface area contributed by atoms with E-state index >= 15 is 0 Å². The molecule has 1 saturated heterocycles. The van der Waals surface area contributed by atoms with Gasteiger partial charge in [0.05, 0.1) is 18.9 Å². The number of carbonyl (C=O) groups is 2. The topological polar surface area (TPSA) is 80.3 Å². The van der Waals surface area contributed by atoms with Crippen molar-refractivity contribution in [1.82, 2.24) is 4.90 Å². The van der Waals surface area contributed by atoms with Crippen molar-refractivity contribution in [3.05, 3.63) is 47.5 Å². The number of carbonyl (C=O) groups excluding carboxylic acids is 2. The molecule has 0 saturated carbocycles. The average molecular weight is 454 g/mol. The first kappa shape index (κ1) is 23.1. The number of benzene rings is 2. The van der Waals surface area contributed by atoms with E-state index in [0.29, 0.717) is 42.6 Å². The quantitative estimate of drug-likeness (QED) is 0.695. The molecule has 0 bridgehead atoms. The highest BCUT2D eigenvalue weighted by Crippen LogP contribution is 2.36. The van der Waals surface area contributed by atoms with Gasteiger partial charge >= 0.3 is 0 Å². The molecule has 2 aromatic rings. The number of anilines is 2. The summed E-state index contributed by atoms with van der Waals surface area (Å²) in [7, 11) is 0. The van der Waals surface area contributed by atoms with Crippen molar-refractivity contribution in [2.75, 3.05) is 56.2 Å². The maximum Gasteiger partial charge on any atom is 0.267 e. The molecule has 0 radical (unpaired) electrons. The number of aryl methyl sites for hydroxylation is 1. The van der Waals surface area contributed by atoms with E-state index in [9.17, 15) is 9.59 Å². The van der Waals surface area contributed by atoms with E-state index in [4.69, 9.17) is 14.2 Å². The monoisotopic (exact) mass is 453 g/mol. The molecule has 176 valence electrons. The lowest BCUT2D eigenvalue weighted by Crippen LogP contribution is -2.48. The molecule has 4 rings (SSSR count). The predicted molar refractivity (Wildman–Crippen MR) is 126 cm³/mol. The summed E-state index contributed by atoms with van der Waals surface area (Å²) in [6.45, 7) is 10.1. The van der Waals surface area contributed by atoms with Crippen molar-refractivity contribution < 1.29 is 23.8 Å². The SMILES string of the molecule is Cc1cccc(OCC(=O)Nc2ccc3c(c2)N(CCN2CCOCC2)C(=O)C(C)O3)c1C. The van der Waals surface area contributed by atoms with Gasteiger partial charge in [0.2, 0.25) is 0 Å². The van der Waals surface area contributed by atoms with E-state index < -0.39 is 6.10 Å². The zero-order chi connectivity index (χ0) is 23.4. The van der Waals surface area contributed by atoms with Gasteiger partial charge in [-0.15, -0.1) is 0 Å². The molecule has 2 aliphatic heterocycles. The lowest BCUT2D eigenvalue weighted by atomic mass is 10.1. The summed E-state index contributed by atoms with van der Waals surface area (Å²) in [5, 5.41) is 2.86. The molecule has 33 heavy (non-hydrogen) atoms. The number of hydrogen-bond donors (Lipinski definition) is 1. The molecule has 8 heteroatoms. The van der Waals surface area contributed by atoms with Crippen LogP contribution in [0.25, 0.3) is 0 Å². The first-order valence-electron chi connectivity index (χ1n) is 11.3. The fourth-order valence-corrected chi connectivity index (χ4v) is 4.00. The van der Waals surface area contributed by atoms with Crippen molar-refractivity contribution in [2.45, 2.75) is 26.9 Å². The largest absolute Gasteiger partial charge is 0.483 e. The number of amides is 2. The summed E-state index contributed by atoms with van der Waals surface area (Å²) in [5.74, 6) is 0.969. The Morgan fingerprint density at radius 2 is 1.94 bits per heavy atom. The minimum atomic E-state index is -0.548. The Hall–Kier alpha value is -3.10. The fraction of sp³-hybridized carbons (Fsp3) is 0.440. The van der Waals surface area contributed by atoms with Gasteiger partial charge in [-0.2, -0.15) is 0 Å². The minimum Gasteiger partial charge on any atom is -0.483 e. The second kappa shape index (κ2) is 10.2. The van der Waals surface area contributed by atoms with Crippen LogP contribution in [0, 0.1) is 13.8 Å². The van der Waals surface area contributed by atoms with Crippen LogP contribution in [0.1, 0.15) is 18.1 Å². The zero-order valence-electron chi connectivity index (χ0n) is 19.4. The van der Waals surface area contributed by atoms with Gasteiger partial charge in [-0.3, -0.25) is 14.5 Å². The van der Waals surface area contributed by atoms with Crippen molar-refractivity contribution >= 4 is 23.2 Å². The normalized spacial score (nSPS) is 18.5. The highest BCUT2D eigenvalue weighted by Gasteiger charge is 2.32. The van der Waals surface area contributed by atoms with Crippen molar-refractivity contribution in [2.24, 2.45) is 0 Å². The molecule has 8 nitrogen and oxygen atoms in total. The highest BCUT2D eigenvalue weighted by atomic mass is 16.5. The molecule has 2 aliphatic rings. The lowest BCUT2D eigenvalue weighted by molar-refractivity contribution is -0.125. The second-order valence-corrected chi connectivity index (χ2v) is 8.42. The van der Waals surface area contributed by atoms with Gasteiger partial charge < -0.3 is 24.4 Å². The van der Waals surface area contributed by atoms with Gasteiger partial charge in [0, 0.05) is 31.9 Å². The standard InChI is InChI=1S/C25H31N3O5/c1-17-5-4-6-22(18(17)2)32-16-24(29)26-20-7-8-23-21(15-20)28(25(30)19(3)33-23)10-9-27-11-13-31-14-12-27/h4-8,15,19H,9-14,16H2,1-3H3,(H,26,29). The summed E-state index contributed by atoms with van der Waals surface area (Å²) in [6, 6.07) is 11.1.